The fourth-order valence-corrected chi connectivity index (χ4v) is 2.34. The van der Waals surface area contributed by atoms with Crippen molar-refractivity contribution in [2.24, 2.45) is 0 Å². The molecule has 0 aromatic heterocycles. The largest absolute Gasteiger partial charge is 0.497 e. The maximum atomic E-state index is 12.1. The number of rotatable bonds is 8. The number of hydrogen-bond acceptors (Lipinski definition) is 5. The summed E-state index contributed by atoms with van der Waals surface area (Å²) in [5, 5.41) is 5.74. The highest BCUT2D eigenvalue weighted by molar-refractivity contribution is 5.81. The third-order valence-electron chi connectivity index (χ3n) is 3.66. The Balaban J connectivity index is 1.89. The van der Waals surface area contributed by atoms with Gasteiger partial charge in [-0.05, 0) is 23.3 Å². The minimum atomic E-state index is -0.686. The van der Waals surface area contributed by atoms with Gasteiger partial charge in [-0.15, -0.1) is 0 Å². The van der Waals surface area contributed by atoms with Crippen molar-refractivity contribution in [2.45, 2.75) is 12.6 Å². The second-order valence-electron chi connectivity index (χ2n) is 5.38. The normalized spacial score (nSPS) is 11.4. The van der Waals surface area contributed by atoms with Crippen LogP contribution in [0.3, 0.4) is 0 Å². The number of benzene rings is 2. The molecule has 0 saturated heterocycles. The molecule has 2 aromatic carbocycles. The molecule has 2 rings (SSSR count). The minimum Gasteiger partial charge on any atom is -0.497 e. The average molecular weight is 342 g/mol. The molecule has 0 saturated carbocycles. The zero-order valence-corrected chi connectivity index (χ0v) is 14.3. The molecule has 0 unspecified atom stereocenters. The van der Waals surface area contributed by atoms with E-state index in [2.05, 4.69) is 10.6 Å². The van der Waals surface area contributed by atoms with Gasteiger partial charge in [-0.25, -0.2) is 4.79 Å². The lowest BCUT2D eigenvalue weighted by Crippen LogP contribution is -2.38. The van der Waals surface area contributed by atoms with E-state index in [0.717, 1.165) is 16.9 Å². The summed E-state index contributed by atoms with van der Waals surface area (Å²) in [6.45, 7) is 0.380. The quantitative estimate of drug-likeness (QED) is 0.716. The van der Waals surface area contributed by atoms with Gasteiger partial charge in [0.15, 0.2) is 0 Å². The van der Waals surface area contributed by atoms with Crippen molar-refractivity contribution in [3.8, 4) is 5.75 Å². The van der Waals surface area contributed by atoms with E-state index in [1.54, 1.807) is 7.11 Å². The average Bonchev–Trinajstić information content (AvgIpc) is 2.67. The van der Waals surface area contributed by atoms with Gasteiger partial charge in [-0.3, -0.25) is 10.1 Å². The van der Waals surface area contributed by atoms with Gasteiger partial charge >= 0.3 is 5.97 Å². The molecular formula is C19H22N2O4. The summed E-state index contributed by atoms with van der Waals surface area (Å²) < 4.78 is 9.96. The molecule has 2 N–H and O–H groups in total. The standard InChI is InChI=1S/C19H22N2O4/c1-24-16-10-6-7-14(11-16)12-20-17(22)13-21-18(19(23)25-2)15-8-4-3-5-9-15/h3-11,18,21H,12-13H2,1-2H3,(H,20,22)/t18-/m0/s1. The fraction of sp³-hybridized carbons (Fsp3) is 0.263. The second-order valence-corrected chi connectivity index (χ2v) is 5.38. The predicted octanol–water partition coefficient (Wildman–Crippen LogP) is 1.82. The summed E-state index contributed by atoms with van der Waals surface area (Å²) in [6, 6.07) is 15.9. The Hall–Kier alpha value is -2.86. The Morgan fingerprint density at radius 2 is 1.80 bits per heavy atom. The first-order valence-corrected chi connectivity index (χ1v) is 7.90. The third kappa shape index (κ3) is 5.61. The molecule has 0 spiro atoms. The van der Waals surface area contributed by atoms with Crippen molar-refractivity contribution < 1.29 is 19.1 Å². The Labute approximate surface area is 147 Å². The first-order valence-electron chi connectivity index (χ1n) is 7.90. The molecular weight excluding hydrogens is 320 g/mol. The lowest BCUT2D eigenvalue weighted by Gasteiger charge is -2.16. The van der Waals surface area contributed by atoms with E-state index >= 15 is 0 Å². The molecule has 0 aliphatic rings. The van der Waals surface area contributed by atoms with Crippen LogP contribution in [0.5, 0.6) is 5.75 Å². The number of methoxy groups -OCH3 is 2. The van der Waals surface area contributed by atoms with Crippen molar-refractivity contribution in [3.05, 3.63) is 65.7 Å². The summed E-state index contributed by atoms with van der Waals surface area (Å²) in [5.74, 6) is 0.0826. The van der Waals surface area contributed by atoms with E-state index in [1.807, 2.05) is 54.6 Å². The van der Waals surface area contributed by atoms with E-state index in [-0.39, 0.29) is 12.5 Å². The molecule has 0 heterocycles. The highest BCUT2D eigenvalue weighted by Gasteiger charge is 2.21. The van der Waals surface area contributed by atoms with Crippen molar-refractivity contribution in [2.75, 3.05) is 20.8 Å². The first-order chi connectivity index (χ1) is 12.1. The highest BCUT2D eigenvalue weighted by Crippen LogP contribution is 2.14. The third-order valence-corrected chi connectivity index (χ3v) is 3.66. The van der Waals surface area contributed by atoms with E-state index < -0.39 is 12.0 Å². The van der Waals surface area contributed by atoms with Gasteiger partial charge in [-0.1, -0.05) is 42.5 Å². The predicted molar refractivity (Wildman–Crippen MR) is 94.0 cm³/mol. The van der Waals surface area contributed by atoms with E-state index in [4.69, 9.17) is 9.47 Å². The molecule has 6 heteroatoms. The molecule has 25 heavy (non-hydrogen) atoms. The number of hydrogen-bond donors (Lipinski definition) is 2. The number of carbonyl (C=O) groups is 2. The van der Waals surface area contributed by atoms with Gasteiger partial charge in [0.05, 0.1) is 20.8 Å². The van der Waals surface area contributed by atoms with Crippen molar-refractivity contribution >= 4 is 11.9 Å². The molecule has 1 amide bonds. The van der Waals surface area contributed by atoms with Crippen LogP contribution in [0.2, 0.25) is 0 Å². The van der Waals surface area contributed by atoms with E-state index in [9.17, 15) is 9.59 Å². The van der Waals surface area contributed by atoms with Crippen LogP contribution in [0.25, 0.3) is 0 Å². The Morgan fingerprint density at radius 3 is 2.48 bits per heavy atom. The molecule has 0 aliphatic carbocycles. The highest BCUT2D eigenvalue weighted by atomic mass is 16.5. The van der Waals surface area contributed by atoms with Gasteiger partial charge in [0, 0.05) is 6.54 Å². The first kappa shape index (κ1) is 18.5. The second kappa shape index (κ2) is 9.44. The van der Waals surface area contributed by atoms with Gasteiger partial charge in [0.2, 0.25) is 5.91 Å². The summed E-state index contributed by atoms with van der Waals surface area (Å²) in [5.41, 5.74) is 1.68. The minimum absolute atomic E-state index is 0.00136. The fourth-order valence-electron chi connectivity index (χ4n) is 2.34. The molecule has 0 bridgehead atoms. The smallest absolute Gasteiger partial charge is 0.327 e. The van der Waals surface area contributed by atoms with Gasteiger partial charge < -0.3 is 14.8 Å². The molecule has 1 atom stereocenters. The maximum Gasteiger partial charge on any atom is 0.327 e. The van der Waals surface area contributed by atoms with Gasteiger partial charge in [-0.2, -0.15) is 0 Å². The number of ether oxygens (including phenoxy) is 2. The van der Waals surface area contributed by atoms with Crippen molar-refractivity contribution in [1.82, 2.24) is 10.6 Å². The zero-order valence-electron chi connectivity index (χ0n) is 14.3. The van der Waals surface area contributed by atoms with Crippen LogP contribution in [0.15, 0.2) is 54.6 Å². The Kier molecular flexibility index (Phi) is 6.98. The zero-order chi connectivity index (χ0) is 18.1. The molecule has 0 aliphatic heterocycles. The van der Waals surface area contributed by atoms with Crippen molar-refractivity contribution in [1.29, 1.82) is 0 Å². The Morgan fingerprint density at radius 1 is 1.04 bits per heavy atom. The lowest BCUT2D eigenvalue weighted by molar-refractivity contribution is -0.143. The number of esters is 1. The molecule has 0 radical (unpaired) electrons. The van der Waals surface area contributed by atoms with Crippen LogP contribution in [-0.4, -0.2) is 32.6 Å². The van der Waals surface area contributed by atoms with E-state index in [1.165, 1.54) is 7.11 Å². The molecule has 132 valence electrons. The van der Waals surface area contributed by atoms with Crippen LogP contribution < -0.4 is 15.4 Å². The SMILES string of the molecule is COC(=O)[C@@H](NCC(=O)NCc1cccc(OC)c1)c1ccccc1. The molecule has 6 nitrogen and oxygen atoms in total. The van der Waals surface area contributed by atoms with Crippen LogP contribution in [0, 0.1) is 0 Å². The maximum absolute atomic E-state index is 12.1. The monoisotopic (exact) mass is 342 g/mol. The number of nitrogens with one attached hydrogen (secondary N) is 2. The van der Waals surface area contributed by atoms with E-state index in [0.29, 0.717) is 6.54 Å². The van der Waals surface area contributed by atoms with Crippen molar-refractivity contribution in [3.63, 3.8) is 0 Å². The molecule has 2 aromatic rings. The van der Waals surface area contributed by atoms with Gasteiger partial charge in [0.1, 0.15) is 11.8 Å². The van der Waals surface area contributed by atoms with Crippen LogP contribution >= 0.6 is 0 Å². The number of amides is 1. The summed E-state index contributed by atoms with van der Waals surface area (Å²) in [6.07, 6.45) is 0. The summed E-state index contributed by atoms with van der Waals surface area (Å²) in [7, 11) is 2.92. The molecule has 0 fully saturated rings. The van der Waals surface area contributed by atoms with Gasteiger partial charge in [0.25, 0.3) is 0 Å². The number of carbonyl (C=O) groups excluding carboxylic acids is 2. The topological polar surface area (TPSA) is 76.7 Å². The summed E-state index contributed by atoms with van der Waals surface area (Å²) >= 11 is 0. The van der Waals surface area contributed by atoms with Crippen LogP contribution in [0.1, 0.15) is 17.2 Å². The Bertz CT molecular complexity index is 704. The van der Waals surface area contributed by atoms with Crippen LogP contribution in [0.4, 0.5) is 0 Å². The lowest BCUT2D eigenvalue weighted by atomic mass is 10.1. The van der Waals surface area contributed by atoms with Crippen LogP contribution in [-0.2, 0) is 20.9 Å². The summed E-state index contributed by atoms with van der Waals surface area (Å²) in [4.78, 5) is 24.0.